The second-order valence-electron chi connectivity index (χ2n) is 4.70. The summed E-state index contributed by atoms with van der Waals surface area (Å²) in [5, 5.41) is 5.82. The van der Waals surface area contributed by atoms with E-state index in [2.05, 4.69) is 40.4 Å². The Kier molecular flexibility index (Phi) is 6.56. The van der Waals surface area contributed by atoms with Crippen LogP contribution < -0.4 is 10.6 Å². The summed E-state index contributed by atoms with van der Waals surface area (Å²) < 4.78 is 0. The van der Waals surface area contributed by atoms with Gasteiger partial charge in [0.25, 0.3) is 5.91 Å². The molecule has 0 saturated carbocycles. The van der Waals surface area contributed by atoms with Crippen molar-refractivity contribution in [2.45, 2.75) is 20.3 Å². The topological polar surface area (TPSA) is 58.2 Å². The molecule has 5 heteroatoms. The molecule has 0 spiro atoms. The Hall–Kier alpha value is -1.36. The lowest BCUT2D eigenvalue weighted by molar-refractivity contribution is -0.113. The number of amides is 2. The van der Waals surface area contributed by atoms with Crippen molar-refractivity contribution in [3.63, 3.8) is 0 Å². The van der Waals surface area contributed by atoms with Gasteiger partial charge in [0, 0.05) is 17.8 Å². The van der Waals surface area contributed by atoms with Crippen LogP contribution in [0, 0.1) is 5.92 Å². The summed E-state index contributed by atoms with van der Waals surface area (Å²) in [4.78, 5) is 23.0. The summed E-state index contributed by atoms with van der Waals surface area (Å²) >= 11 is 3.07. The molecule has 0 atom stereocenters. The van der Waals surface area contributed by atoms with E-state index < -0.39 is 0 Å². The van der Waals surface area contributed by atoms with Gasteiger partial charge in [-0.2, -0.15) is 0 Å². The van der Waals surface area contributed by atoms with Gasteiger partial charge in [0.1, 0.15) is 0 Å². The zero-order valence-corrected chi connectivity index (χ0v) is 12.8. The highest BCUT2D eigenvalue weighted by atomic mass is 79.9. The third kappa shape index (κ3) is 5.87. The monoisotopic (exact) mass is 326 g/mol. The first-order valence-electron chi connectivity index (χ1n) is 6.27. The van der Waals surface area contributed by atoms with Crippen LogP contribution in [0.25, 0.3) is 0 Å². The highest BCUT2D eigenvalue weighted by molar-refractivity contribution is 9.09. The van der Waals surface area contributed by atoms with E-state index in [1.807, 2.05) is 0 Å². The SMILES string of the molecule is CC(C)CCNC(=O)c1ccc(NC(=O)CBr)cc1. The van der Waals surface area contributed by atoms with E-state index in [-0.39, 0.29) is 17.1 Å². The van der Waals surface area contributed by atoms with Crippen LogP contribution in [-0.2, 0) is 4.79 Å². The van der Waals surface area contributed by atoms with Gasteiger partial charge in [0.05, 0.1) is 5.33 Å². The predicted molar refractivity (Wildman–Crippen MR) is 80.7 cm³/mol. The number of nitrogens with one attached hydrogen (secondary N) is 2. The molecule has 0 aliphatic rings. The van der Waals surface area contributed by atoms with E-state index >= 15 is 0 Å². The molecular weight excluding hydrogens is 308 g/mol. The number of hydrogen-bond donors (Lipinski definition) is 2. The Labute approximate surface area is 122 Å². The molecule has 1 rings (SSSR count). The fourth-order valence-corrected chi connectivity index (χ4v) is 1.62. The van der Waals surface area contributed by atoms with Crippen molar-refractivity contribution in [3.05, 3.63) is 29.8 Å². The predicted octanol–water partition coefficient (Wildman–Crippen LogP) is 2.80. The highest BCUT2D eigenvalue weighted by Gasteiger charge is 2.06. The number of benzene rings is 1. The van der Waals surface area contributed by atoms with E-state index in [0.717, 1.165) is 6.42 Å². The van der Waals surface area contributed by atoms with Crippen molar-refractivity contribution in [2.24, 2.45) is 5.92 Å². The van der Waals surface area contributed by atoms with Crippen molar-refractivity contribution < 1.29 is 9.59 Å². The second-order valence-corrected chi connectivity index (χ2v) is 5.26. The van der Waals surface area contributed by atoms with Crippen LogP contribution in [0.1, 0.15) is 30.6 Å². The second kappa shape index (κ2) is 7.94. The molecule has 0 heterocycles. The van der Waals surface area contributed by atoms with Crippen LogP contribution in [0.3, 0.4) is 0 Å². The Bertz CT molecular complexity index is 430. The van der Waals surface area contributed by atoms with Gasteiger partial charge in [-0.05, 0) is 36.6 Å². The van der Waals surface area contributed by atoms with Gasteiger partial charge in [-0.15, -0.1) is 0 Å². The van der Waals surface area contributed by atoms with E-state index in [1.165, 1.54) is 0 Å². The quantitative estimate of drug-likeness (QED) is 0.790. The molecule has 104 valence electrons. The summed E-state index contributed by atoms with van der Waals surface area (Å²) in [6.45, 7) is 4.92. The molecule has 1 aromatic rings. The van der Waals surface area contributed by atoms with Crippen LogP contribution >= 0.6 is 15.9 Å². The Balaban J connectivity index is 2.51. The molecule has 2 N–H and O–H groups in total. The normalized spacial score (nSPS) is 10.3. The van der Waals surface area contributed by atoms with Crippen LogP contribution in [0.2, 0.25) is 0 Å². The van der Waals surface area contributed by atoms with Gasteiger partial charge in [-0.1, -0.05) is 29.8 Å². The zero-order valence-electron chi connectivity index (χ0n) is 11.2. The zero-order chi connectivity index (χ0) is 14.3. The summed E-state index contributed by atoms with van der Waals surface area (Å²) in [5.74, 6) is 0.371. The molecule has 2 amide bonds. The van der Waals surface area contributed by atoms with Crippen molar-refractivity contribution in [1.29, 1.82) is 0 Å². The summed E-state index contributed by atoms with van der Waals surface area (Å²) in [6.07, 6.45) is 0.963. The average molecular weight is 327 g/mol. The minimum atomic E-state index is -0.117. The van der Waals surface area contributed by atoms with Gasteiger partial charge in [0.2, 0.25) is 5.91 Å². The third-order valence-electron chi connectivity index (χ3n) is 2.56. The van der Waals surface area contributed by atoms with Gasteiger partial charge in [-0.25, -0.2) is 0 Å². The van der Waals surface area contributed by atoms with Crippen LogP contribution in [0.4, 0.5) is 5.69 Å². The van der Waals surface area contributed by atoms with Gasteiger partial charge in [-0.3, -0.25) is 9.59 Å². The fraction of sp³-hybridized carbons (Fsp3) is 0.429. The molecule has 0 unspecified atom stereocenters. The van der Waals surface area contributed by atoms with Crippen molar-refractivity contribution in [1.82, 2.24) is 5.32 Å². The first-order valence-corrected chi connectivity index (χ1v) is 7.39. The molecule has 1 aromatic carbocycles. The maximum atomic E-state index is 11.8. The molecule has 0 aliphatic heterocycles. The molecular formula is C14H19BrN2O2. The lowest BCUT2D eigenvalue weighted by Crippen LogP contribution is -2.25. The van der Waals surface area contributed by atoms with Gasteiger partial charge in [0.15, 0.2) is 0 Å². The number of hydrogen-bond acceptors (Lipinski definition) is 2. The Morgan fingerprint density at radius 2 is 1.84 bits per heavy atom. The van der Waals surface area contributed by atoms with Crippen LogP contribution in [0.15, 0.2) is 24.3 Å². The van der Waals surface area contributed by atoms with E-state index in [4.69, 9.17) is 0 Å². The summed E-state index contributed by atoms with van der Waals surface area (Å²) in [7, 11) is 0. The number of rotatable bonds is 6. The van der Waals surface area contributed by atoms with Crippen molar-refractivity contribution in [3.8, 4) is 0 Å². The molecule has 0 fully saturated rings. The van der Waals surface area contributed by atoms with E-state index in [9.17, 15) is 9.59 Å². The third-order valence-corrected chi connectivity index (χ3v) is 3.07. The van der Waals surface area contributed by atoms with Crippen molar-refractivity contribution in [2.75, 3.05) is 17.2 Å². The maximum absolute atomic E-state index is 11.8. The number of carbonyl (C=O) groups is 2. The number of halogens is 1. The molecule has 19 heavy (non-hydrogen) atoms. The minimum Gasteiger partial charge on any atom is -0.352 e. The van der Waals surface area contributed by atoms with E-state index in [1.54, 1.807) is 24.3 Å². The van der Waals surface area contributed by atoms with Crippen LogP contribution in [-0.4, -0.2) is 23.7 Å². The lowest BCUT2D eigenvalue weighted by Gasteiger charge is -2.08. The molecule has 0 radical (unpaired) electrons. The Morgan fingerprint density at radius 1 is 1.21 bits per heavy atom. The van der Waals surface area contributed by atoms with Gasteiger partial charge >= 0.3 is 0 Å². The number of carbonyl (C=O) groups excluding carboxylic acids is 2. The van der Waals surface area contributed by atoms with Gasteiger partial charge < -0.3 is 10.6 Å². The number of alkyl halides is 1. The summed E-state index contributed by atoms with van der Waals surface area (Å²) in [6, 6.07) is 6.85. The maximum Gasteiger partial charge on any atom is 0.251 e. The molecule has 4 nitrogen and oxygen atoms in total. The van der Waals surface area contributed by atoms with Crippen molar-refractivity contribution >= 4 is 33.4 Å². The fourth-order valence-electron chi connectivity index (χ4n) is 1.48. The summed E-state index contributed by atoms with van der Waals surface area (Å²) in [5.41, 5.74) is 1.28. The highest BCUT2D eigenvalue weighted by Crippen LogP contribution is 2.10. The average Bonchev–Trinajstić information content (AvgIpc) is 2.38. The lowest BCUT2D eigenvalue weighted by atomic mass is 10.1. The molecule has 0 saturated heterocycles. The minimum absolute atomic E-state index is 0.0842. The van der Waals surface area contributed by atoms with Crippen LogP contribution in [0.5, 0.6) is 0 Å². The smallest absolute Gasteiger partial charge is 0.251 e. The molecule has 0 bridgehead atoms. The largest absolute Gasteiger partial charge is 0.352 e. The van der Waals surface area contributed by atoms with E-state index in [0.29, 0.717) is 23.7 Å². The first kappa shape index (κ1) is 15.7. The standard InChI is InChI=1S/C14H19BrN2O2/c1-10(2)7-8-16-14(19)11-3-5-12(6-4-11)17-13(18)9-15/h3-6,10H,7-9H2,1-2H3,(H,16,19)(H,17,18). The molecule has 0 aliphatic carbocycles. The Morgan fingerprint density at radius 3 is 2.37 bits per heavy atom. The number of anilines is 1. The molecule has 0 aromatic heterocycles. The first-order chi connectivity index (χ1) is 9.02.